The molecule has 4 rings (SSSR count). The van der Waals surface area contributed by atoms with E-state index >= 15 is 0 Å². The first-order valence-corrected chi connectivity index (χ1v) is 12.1. The number of allylic oxidation sites excluding steroid dienone is 2. The molecule has 6 nitrogen and oxygen atoms in total. The Kier molecular flexibility index (Phi) is 7.96. The van der Waals surface area contributed by atoms with E-state index in [1.165, 1.54) is 6.08 Å². The number of piperidine rings is 1. The second-order valence-electron chi connectivity index (χ2n) is 9.63. The van der Waals surface area contributed by atoms with Gasteiger partial charge in [0.1, 0.15) is 11.9 Å². The van der Waals surface area contributed by atoms with Crippen molar-refractivity contribution in [3.63, 3.8) is 0 Å². The van der Waals surface area contributed by atoms with E-state index in [0.29, 0.717) is 60.9 Å². The van der Waals surface area contributed by atoms with Gasteiger partial charge in [0.25, 0.3) is 6.43 Å². The molecule has 194 valence electrons. The summed E-state index contributed by atoms with van der Waals surface area (Å²) in [7, 11) is 1.57. The molecule has 36 heavy (non-hydrogen) atoms. The van der Waals surface area contributed by atoms with Crippen LogP contribution in [0.25, 0.3) is 0 Å². The maximum absolute atomic E-state index is 13.4. The summed E-state index contributed by atoms with van der Waals surface area (Å²) in [6.45, 7) is 5.27. The zero-order valence-corrected chi connectivity index (χ0v) is 20.8. The standard InChI is InChI=1S/C27H32F3N3O3/c1-18(2)35-22-9-6-20(14-23(22)34-3)26(31)33-12-10-27(11-13-33)17-32(16-25(29)30)15-24(36-27)19-4-7-21(28)8-5-19/h4,6-7,9,14,18,24-25,31H,10-13,15-17H2,1-3H3. The van der Waals surface area contributed by atoms with Gasteiger partial charge in [-0.15, -0.1) is 0 Å². The van der Waals surface area contributed by atoms with Crippen LogP contribution in [0.4, 0.5) is 13.2 Å². The lowest BCUT2D eigenvalue weighted by Gasteiger charge is -2.50. The fourth-order valence-corrected chi connectivity index (χ4v) is 4.91. The highest BCUT2D eigenvalue weighted by atomic mass is 19.3. The molecule has 1 aliphatic carbocycles. The molecule has 2 saturated heterocycles. The zero-order valence-electron chi connectivity index (χ0n) is 20.8. The Morgan fingerprint density at radius 1 is 1.19 bits per heavy atom. The molecule has 1 atom stereocenters. The number of rotatable bonds is 7. The van der Waals surface area contributed by atoms with Crippen molar-refractivity contribution in [2.75, 3.05) is 39.8 Å². The quantitative estimate of drug-likeness (QED) is 0.332. The first-order valence-electron chi connectivity index (χ1n) is 12.1. The number of amidine groups is 1. The normalized spacial score (nSPS) is 21.7. The van der Waals surface area contributed by atoms with Crippen LogP contribution in [-0.2, 0) is 4.74 Å². The van der Waals surface area contributed by atoms with E-state index in [1.54, 1.807) is 30.2 Å². The summed E-state index contributed by atoms with van der Waals surface area (Å²) in [5.41, 5.74) is 5.85. The monoisotopic (exact) mass is 503 g/mol. The Balaban J connectivity index is 1.48. The fraction of sp³-hybridized carbons (Fsp3) is 0.519. The van der Waals surface area contributed by atoms with Crippen molar-refractivity contribution < 1.29 is 27.4 Å². The number of morpholine rings is 1. The predicted molar refractivity (Wildman–Crippen MR) is 131 cm³/mol. The second-order valence-corrected chi connectivity index (χ2v) is 9.63. The summed E-state index contributed by atoms with van der Waals surface area (Å²) in [6.07, 6.45) is 1.03. The van der Waals surface area contributed by atoms with Crippen molar-refractivity contribution in [3.05, 3.63) is 58.8 Å². The molecule has 0 radical (unpaired) electrons. The Hall–Kier alpha value is -2.96. The molecule has 1 unspecified atom stereocenters. The van der Waals surface area contributed by atoms with Gasteiger partial charge in [-0.3, -0.25) is 10.3 Å². The number of alkyl halides is 2. The number of methoxy groups -OCH3 is 1. The van der Waals surface area contributed by atoms with Crippen LogP contribution in [0.3, 0.4) is 0 Å². The smallest absolute Gasteiger partial charge is 0.251 e. The summed E-state index contributed by atoms with van der Waals surface area (Å²) in [5.74, 6) is 1.02. The van der Waals surface area contributed by atoms with Gasteiger partial charge in [0.15, 0.2) is 17.3 Å². The maximum Gasteiger partial charge on any atom is 0.251 e. The van der Waals surface area contributed by atoms with E-state index in [-0.39, 0.29) is 19.2 Å². The number of nitrogens with zero attached hydrogens (tertiary/aromatic N) is 2. The van der Waals surface area contributed by atoms with Crippen LogP contribution >= 0.6 is 0 Å². The van der Waals surface area contributed by atoms with Gasteiger partial charge in [-0.25, -0.2) is 8.78 Å². The van der Waals surface area contributed by atoms with E-state index in [9.17, 15) is 13.2 Å². The van der Waals surface area contributed by atoms with Gasteiger partial charge in [0.2, 0.25) is 0 Å². The van der Waals surface area contributed by atoms with E-state index in [0.717, 1.165) is 0 Å². The number of hydrogen-bond donors (Lipinski definition) is 1. The van der Waals surface area contributed by atoms with Crippen molar-refractivity contribution in [1.29, 1.82) is 5.41 Å². The first kappa shape index (κ1) is 26.1. The number of ether oxygens (including phenoxy) is 3. The predicted octanol–water partition coefficient (Wildman–Crippen LogP) is 4.71. The van der Waals surface area contributed by atoms with Gasteiger partial charge >= 0.3 is 0 Å². The molecule has 1 spiro atoms. The van der Waals surface area contributed by atoms with Gasteiger partial charge in [-0.1, -0.05) is 5.73 Å². The molecule has 2 heterocycles. The van der Waals surface area contributed by atoms with E-state index in [4.69, 9.17) is 19.6 Å². The third kappa shape index (κ3) is 6.05. The fourth-order valence-electron chi connectivity index (χ4n) is 4.91. The Bertz CT molecular complexity index is 1110. The summed E-state index contributed by atoms with van der Waals surface area (Å²) in [5, 5.41) is 8.77. The number of halogens is 3. The highest BCUT2D eigenvalue weighted by Crippen LogP contribution is 2.36. The van der Waals surface area contributed by atoms with Crippen molar-refractivity contribution in [2.45, 2.75) is 50.9 Å². The van der Waals surface area contributed by atoms with Crippen LogP contribution in [-0.4, -0.2) is 79.7 Å². The molecular formula is C27H32F3N3O3. The minimum absolute atomic E-state index is 0.00292. The Labute approximate surface area is 209 Å². The highest BCUT2D eigenvalue weighted by Gasteiger charge is 2.44. The first-order chi connectivity index (χ1) is 17.2. The molecule has 2 aliphatic heterocycles. The van der Waals surface area contributed by atoms with Gasteiger partial charge in [-0.05, 0) is 62.8 Å². The van der Waals surface area contributed by atoms with Gasteiger partial charge < -0.3 is 19.1 Å². The van der Waals surface area contributed by atoms with Crippen LogP contribution in [0.1, 0.15) is 32.3 Å². The lowest BCUT2D eigenvalue weighted by atomic mass is 9.87. The van der Waals surface area contributed by atoms with E-state index in [1.807, 2.05) is 24.8 Å². The van der Waals surface area contributed by atoms with Crippen molar-refractivity contribution in [3.8, 4) is 11.5 Å². The minimum atomic E-state index is -2.46. The largest absolute Gasteiger partial charge is 0.493 e. The lowest BCUT2D eigenvalue weighted by molar-refractivity contribution is -0.164. The second kappa shape index (κ2) is 11.0. The van der Waals surface area contributed by atoms with Crippen LogP contribution in [0.5, 0.6) is 11.5 Å². The molecule has 0 bridgehead atoms. The van der Waals surface area contributed by atoms with Gasteiger partial charge in [0.05, 0.1) is 25.4 Å². The third-order valence-corrected chi connectivity index (χ3v) is 6.60. The molecule has 3 aliphatic rings. The molecule has 1 aromatic rings. The maximum atomic E-state index is 13.4. The van der Waals surface area contributed by atoms with Gasteiger partial charge in [0, 0.05) is 37.3 Å². The Morgan fingerprint density at radius 2 is 1.94 bits per heavy atom. The topological polar surface area (TPSA) is 58.0 Å². The number of benzene rings is 1. The SMILES string of the molecule is COc1cc(C(=N)N2CCC3(CC2)CN(CC(F)F)CC(C2=C=C=C(F)C=C2)O3)ccc1OC(C)C. The molecule has 1 N–H and O–H groups in total. The average Bonchev–Trinajstić information content (AvgIpc) is 2.84. The summed E-state index contributed by atoms with van der Waals surface area (Å²) in [6, 6.07) is 5.44. The van der Waals surface area contributed by atoms with Crippen LogP contribution < -0.4 is 9.47 Å². The number of nitrogens with one attached hydrogen (secondary N) is 1. The average molecular weight is 504 g/mol. The summed E-state index contributed by atoms with van der Waals surface area (Å²) < 4.78 is 57.6. The highest BCUT2D eigenvalue weighted by molar-refractivity contribution is 5.97. The molecule has 2 fully saturated rings. The number of likely N-dealkylation sites (tertiary alicyclic amines) is 1. The summed E-state index contributed by atoms with van der Waals surface area (Å²) >= 11 is 0. The van der Waals surface area contributed by atoms with E-state index in [2.05, 4.69) is 11.5 Å². The van der Waals surface area contributed by atoms with Gasteiger partial charge in [-0.2, -0.15) is 4.39 Å². The van der Waals surface area contributed by atoms with Crippen molar-refractivity contribution >= 4 is 5.84 Å². The van der Waals surface area contributed by atoms with Crippen molar-refractivity contribution in [1.82, 2.24) is 9.80 Å². The zero-order chi connectivity index (χ0) is 25.9. The molecule has 0 aromatic heterocycles. The molecule has 1 aromatic carbocycles. The molecular weight excluding hydrogens is 471 g/mol. The van der Waals surface area contributed by atoms with Crippen LogP contribution in [0.2, 0.25) is 0 Å². The van der Waals surface area contributed by atoms with Crippen LogP contribution in [0.15, 0.2) is 53.2 Å². The van der Waals surface area contributed by atoms with Crippen molar-refractivity contribution in [2.24, 2.45) is 0 Å². The lowest BCUT2D eigenvalue weighted by Crippen LogP contribution is -2.60. The molecule has 9 heteroatoms. The molecule has 0 amide bonds. The Morgan fingerprint density at radius 3 is 2.56 bits per heavy atom. The van der Waals surface area contributed by atoms with Crippen LogP contribution in [0, 0.1) is 5.41 Å². The summed E-state index contributed by atoms with van der Waals surface area (Å²) in [4.78, 5) is 3.68. The van der Waals surface area contributed by atoms with E-state index < -0.39 is 24.0 Å². The minimum Gasteiger partial charge on any atom is -0.493 e. The molecule has 0 saturated carbocycles. The number of hydrogen-bond acceptors (Lipinski definition) is 5. The third-order valence-electron chi connectivity index (χ3n) is 6.60.